The molecule has 0 spiro atoms. The molecule has 0 atom stereocenters. The Bertz CT molecular complexity index is 1370. The summed E-state index contributed by atoms with van der Waals surface area (Å²) in [5.74, 6) is 0.115. The van der Waals surface area contributed by atoms with E-state index in [2.05, 4.69) is 4.98 Å². The number of nitrogens with zero attached hydrogens (tertiary/aromatic N) is 2. The fourth-order valence-corrected chi connectivity index (χ4v) is 3.30. The van der Waals surface area contributed by atoms with Crippen LogP contribution in [0, 0.1) is 21.4 Å². The molecular weight excluding hydrogens is 454 g/mol. The zero-order chi connectivity index (χ0) is 24.1. The molecule has 1 aromatic carbocycles. The maximum absolute atomic E-state index is 12.2. The van der Waals surface area contributed by atoms with E-state index >= 15 is 0 Å². The number of aromatic amines is 1. The summed E-state index contributed by atoms with van der Waals surface area (Å²) in [4.78, 5) is 37.4. The lowest BCUT2D eigenvalue weighted by Crippen LogP contribution is -2.18. The molecule has 10 nitrogen and oxygen atoms in total. The van der Waals surface area contributed by atoms with E-state index in [1.54, 1.807) is 24.3 Å². The van der Waals surface area contributed by atoms with Crippen molar-refractivity contribution in [2.75, 3.05) is 14.2 Å². The van der Waals surface area contributed by atoms with E-state index < -0.39 is 22.1 Å². The number of carbonyl (C=O) groups excluding carboxylic acids is 1. The summed E-state index contributed by atoms with van der Waals surface area (Å²) in [6.07, 6.45) is 2.71. The van der Waals surface area contributed by atoms with Gasteiger partial charge in [0.05, 0.1) is 34.8 Å². The molecule has 33 heavy (non-hydrogen) atoms. The number of nitriles is 1. The molecule has 0 aliphatic carbocycles. The minimum absolute atomic E-state index is 0.117. The van der Waals surface area contributed by atoms with Gasteiger partial charge in [0.1, 0.15) is 28.8 Å². The van der Waals surface area contributed by atoms with E-state index in [1.165, 1.54) is 38.5 Å². The first-order valence-corrected chi connectivity index (χ1v) is 9.67. The molecule has 2 heterocycles. The lowest BCUT2D eigenvalue weighted by molar-refractivity contribution is -0.386. The molecule has 3 aromatic rings. The third kappa shape index (κ3) is 4.85. The number of esters is 1. The first kappa shape index (κ1) is 23.5. The smallest absolute Gasteiger partial charge is 0.339 e. The second kappa shape index (κ2) is 9.95. The van der Waals surface area contributed by atoms with Gasteiger partial charge in [-0.1, -0.05) is 11.6 Å². The van der Waals surface area contributed by atoms with E-state index in [4.69, 9.17) is 25.5 Å². The highest BCUT2D eigenvalue weighted by molar-refractivity contribution is 6.33. The van der Waals surface area contributed by atoms with Crippen LogP contribution in [-0.2, 0) is 16.1 Å². The lowest BCUT2D eigenvalue weighted by Gasteiger charge is -2.06. The Labute approximate surface area is 191 Å². The number of halogens is 1. The molecule has 0 amide bonds. The van der Waals surface area contributed by atoms with Crippen molar-refractivity contribution in [1.29, 1.82) is 5.26 Å². The highest BCUT2D eigenvalue weighted by atomic mass is 35.5. The molecule has 2 aromatic heterocycles. The van der Waals surface area contributed by atoms with E-state index in [1.807, 2.05) is 0 Å². The van der Waals surface area contributed by atoms with E-state index in [9.17, 15) is 25.0 Å². The van der Waals surface area contributed by atoms with Gasteiger partial charge in [0.15, 0.2) is 0 Å². The number of aromatic nitrogens is 1. The second-order valence-corrected chi connectivity index (χ2v) is 7.00. The Kier molecular flexibility index (Phi) is 7.07. The largest absolute Gasteiger partial charge is 0.465 e. The number of carbonyl (C=O) groups is 1. The van der Waals surface area contributed by atoms with Gasteiger partial charge in [-0.05, 0) is 42.5 Å². The SMILES string of the molecule is COCc1c([N+](=O)[O-])c(/C=C/c2ccc(-c3ccc(Cl)c(C(=O)OC)c3)o2)[nH]c(=O)c1C#N. The Morgan fingerprint density at radius 2 is 2.06 bits per heavy atom. The Balaban J connectivity index is 2.00. The number of H-pyrrole nitrogens is 1. The molecule has 168 valence electrons. The third-order valence-electron chi connectivity index (χ3n) is 4.60. The minimum Gasteiger partial charge on any atom is -0.465 e. The first-order chi connectivity index (χ1) is 15.8. The Morgan fingerprint density at radius 1 is 1.30 bits per heavy atom. The molecule has 0 saturated carbocycles. The van der Waals surface area contributed by atoms with Gasteiger partial charge in [-0.15, -0.1) is 0 Å². The summed E-state index contributed by atoms with van der Waals surface area (Å²) >= 11 is 6.03. The average molecular weight is 470 g/mol. The van der Waals surface area contributed by atoms with Gasteiger partial charge < -0.3 is 18.9 Å². The van der Waals surface area contributed by atoms with Crippen molar-refractivity contribution in [2.45, 2.75) is 6.61 Å². The average Bonchev–Trinajstić information content (AvgIpc) is 3.26. The zero-order valence-corrected chi connectivity index (χ0v) is 18.1. The number of methoxy groups -OCH3 is 2. The molecule has 0 bridgehead atoms. The van der Waals surface area contributed by atoms with E-state index in [0.29, 0.717) is 17.1 Å². The number of rotatable bonds is 7. The summed E-state index contributed by atoms with van der Waals surface area (Å²) in [6.45, 7) is -0.284. The number of ether oxygens (including phenoxy) is 2. The quantitative estimate of drug-likeness (QED) is 0.308. The highest BCUT2D eigenvalue weighted by Crippen LogP contribution is 2.29. The van der Waals surface area contributed by atoms with Crippen LogP contribution in [0.5, 0.6) is 0 Å². The lowest BCUT2D eigenvalue weighted by atomic mass is 10.1. The van der Waals surface area contributed by atoms with Crippen LogP contribution in [-0.4, -0.2) is 30.1 Å². The number of hydrogen-bond donors (Lipinski definition) is 1. The summed E-state index contributed by atoms with van der Waals surface area (Å²) in [5, 5.41) is 21.1. The molecule has 0 saturated heterocycles. The van der Waals surface area contributed by atoms with Crippen molar-refractivity contribution < 1.29 is 23.6 Å². The Hall–Kier alpha value is -4.20. The minimum atomic E-state index is -0.772. The first-order valence-electron chi connectivity index (χ1n) is 9.29. The number of hydrogen-bond acceptors (Lipinski definition) is 8. The van der Waals surface area contributed by atoms with Gasteiger partial charge in [-0.2, -0.15) is 5.26 Å². The van der Waals surface area contributed by atoms with Crippen LogP contribution in [0.4, 0.5) is 5.69 Å². The van der Waals surface area contributed by atoms with Gasteiger partial charge in [0.25, 0.3) is 11.2 Å². The van der Waals surface area contributed by atoms with Crippen molar-refractivity contribution in [3.05, 3.63) is 84.0 Å². The predicted molar refractivity (Wildman–Crippen MR) is 119 cm³/mol. The van der Waals surface area contributed by atoms with Gasteiger partial charge in [0.2, 0.25) is 0 Å². The molecule has 3 rings (SSSR count). The van der Waals surface area contributed by atoms with Crippen LogP contribution in [0.2, 0.25) is 5.02 Å². The van der Waals surface area contributed by atoms with Crippen molar-refractivity contribution in [2.24, 2.45) is 0 Å². The molecule has 11 heteroatoms. The van der Waals surface area contributed by atoms with Crippen molar-refractivity contribution in [3.63, 3.8) is 0 Å². The maximum atomic E-state index is 12.2. The Morgan fingerprint density at radius 3 is 2.70 bits per heavy atom. The second-order valence-electron chi connectivity index (χ2n) is 6.59. The molecule has 0 fully saturated rings. The molecule has 0 aliphatic heterocycles. The number of benzene rings is 1. The van der Waals surface area contributed by atoms with Gasteiger partial charge in [-0.3, -0.25) is 14.9 Å². The number of nitro groups is 1. The summed E-state index contributed by atoms with van der Waals surface area (Å²) in [6, 6.07) is 9.61. The molecule has 1 N–H and O–H groups in total. The van der Waals surface area contributed by atoms with Crippen LogP contribution in [0.3, 0.4) is 0 Å². The van der Waals surface area contributed by atoms with Gasteiger partial charge in [0, 0.05) is 12.7 Å². The number of pyridine rings is 1. The number of furan rings is 1. The molecular formula is C22H16ClN3O7. The van der Waals surface area contributed by atoms with Crippen molar-refractivity contribution in [1.82, 2.24) is 4.98 Å². The summed E-state index contributed by atoms with van der Waals surface area (Å²) in [7, 11) is 2.54. The van der Waals surface area contributed by atoms with Crippen LogP contribution in [0.1, 0.15) is 32.9 Å². The van der Waals surface area contributed by atoms with Crippen molar-refractivity contribution in [3.8, 4) is 17.4 Å². The van der Waals surface area contributed by atoms with Crippen LogP contribution < -0.4 is 5.56 Å². The third-order valence-corrected chi connectivity index (χ3v) is 4.93. The predicted octanol–water partition coefficient (Wildman–Crippen LogP) is 4.17. The fourth-order valence-electron chi connectivity index (χ4n) is 3.10. The van der Waals surface area contributed by atoms with Gasteiger partial charge >= 0.3 is 5.97 Å². The van der Waals surface area contributed by atoms with Crippen LogP contribution >= 0.6 is 11.6 Å². The topological polar surface area (TPSA) is 148 Å². The summed E-state index contributed by atoms with van der Waals surface area (Å²) in [5.41, 5.74) is -1.12. The standard InChI is InChI=1S/C22H16ClN3O7/c1-31-11-16-15(10-24)21(27)25-18(20(16)26(29)30)7-4-13-5-8-19(33-13)12-3-6-17(23)14(9-12)22(28)32-2/h3-9H,11H2,1-2H3,(H,25,27)/b7-4+. The van der Waals surface area contributed by atoms with Crippen LogP contribution in [0.15, 0.2) is 39.5 Å². The monoisotopic (exact) mass is 469 g/mol. The van der Waals surface area contributed by atoms with Crippen molar-refractivity contribution >= 4 is 35.4 Å². The molecule has 0 unspecified atom stereocenters. The van der Waals surface area contributed by atoms with E-state index in [0.717, 1.165) is 0 Å². The highest BCUT2D eigenvalue weighted by Gasteiger charge is 2.25. The maximum Gasteiger partial charge on any atom is 0.339 e. The fraction of sp³-hybridized carbons (Fsp3) is 0.136. The number of nitrogens with one attached hydrogen (secondary N) is 1. The van der Waals surface area contributed by atoms with Gasteiger partial charge in [-0.25, -0.2) is 4.79 Å². The zero-order valence-electron chi connectivity index (χ0n) is 17.4. The molecule has 0 radical (unpaired) electrons. The summed E-state index contributed by atoms with van der Waals surface area (Å²) < 4.78 is 15.4. The van der Waals surface area contributed by atoms with E-state index in [-0.39, 0.29) is 34.0 Å². The normalized spacial score (nSPS) is 10.8. The van der Waals surface area contributed by atoms with Crippen LogP contribution in [0.25, 0.3) is 23.5 Å². The molecule has 0 aliphatic rings.